The van der Waals surface area contributed by atoms with Gasteiger partial charge >= 0.3 is 0 Å². The van der Waals surface area contributed by atoms with Gasteiger partial charge in [-0.25, -0.2) is 4.98 Å². The number of aryl methyl sites for hydroxylation is 1. The maximum atomic E-state index is 6.19. The molecule has 0 radical (unpaired) electrons. The van der Waals surface area contributed by atoms with Crippen LogP contribution in [-0.2, 0) is 0 Å². The Balaban J connectivity index is 2.49. The van der Waals surface area contributed by atoms with Gasteiger partial charge in [0.2, 0.25) is 0 Å². The first-order valence-corrected chi connectivity index (χ1v) is 6.50. The molecule has 18 heavy (non-hydrogen) atoms. The number of benzene rings is 1. The Morgan fingerprint density at radius 1 is 1.50 bits per heavy atom. The van der Waals surface area contributed by atoms with E-state index in [1.54, 1.807) is 19.4 Å². The predicted octanol–water partition coefficient (Wildman–Crippen LogP) is 3.19. The molecular weight excluding hydrogens is 318 g/mol. The molecule has 4 nitrogen and oxygen atoms in total. The Morgan fingerprint density at radius 2 is 2.22 bits per heavy atom. The van der Waals surface area contributed by atoms with Gasteiger partial charge in [-0.15, -0.1) is 0 Å². The van der Waals surface area contributed by atoms with E-state index in [0.717, 1.165) is 21.5 Å². The number of nitrogens with two attached hydrogens (primary N) is 1. The van der Waals surface area contributed by atoms with Crippen molar-refractivity contribution in [2.45, 2.75) is 13.0 Å². The molecule has 6 heteroatoms. The van der Waals surface area contributed by atoms with Crippen molar-refractivity contribution in [1.29, 1.82) is 0 Å². The molecule has 3 N–H and O–H groups in total. The van der Waals surface area contributed by atoms with Crippen molar-refractivity contribution in [3.05, 3.63) is 44.9 Å². The van der Waals surface area contributed by atoms with Crippen molar-refractivity contribution in [3.8, 4) is 5.75 Å². The van der Waals surface area contributed by atoms with Crippen molar-refractivity contribution in [1.82, 2.24) is 9.97 Å². The second kappa shape index (κ2) is 5.30. The predicted molar refractivity (Wildman–Crippen MR) is 75.1 cm³/mol. The fourth-order valence-electron chi connectivity index (χ4n) is 1.88. The van der Waals surface area contributed by atoms with E-state index < -0.39 is 6.04 Å². The van der Waals surface area contributed by atoms with Gasteiger partial charge in [0.15, 0.2) is 0 Å². The molecule has 0 aliphatic rings. The minimum absolute atomic E-state index is 0.413. The highest BCUT2D eigenvalue weighted by molar-refractivity contribution is 9.10. The molecule has 0 bridgehead atoms. The van der Waals surface area contributed by atoms with Gasteiger partial charge in [-0.2, -0.15) is 0 Å². The Labute approximate surface area is 119 Å². The highest BCUT2D eigenvalue weighted by atomic mass is 79.9. The van der Waals surface area contributed by atoms with Gasteiger partial charge in [-0.05, 0) is 40.5 Å². The Morgan fingerprint density at radius 3 is 2.78 bits per heavy atom. The van der Waals surface area contributed by atoms with E-state index in [2.05, 4.69) is 25.9 Å². The van der Waals surface area contributed by atoms with Gasteiger partial charge < -0.3 is 15.5 Å². The summed E-state index contributed by atoms with van der Waals surface area (Å²) in [4.78, 5) is 7.25. The SMILES string of the molecule is COc1c(C)cc(Cl)cc1C(N)c1ncc(Br)[nH]1. The third-order valence-corrected chi connectivity index (χ3v) is 3.29. The summed E-state index contributed by atoms with van der Waals surface area (Å²) < 4.78 is 6.17. The number of nitrogens with one attached hydrogen (secondary N) is 1. The third kappa shape index (κ3) is 2.53. The van der Waals surface area contributed by atoms with Gasteiger partial charge in [0.05, 0.1) is 19.3 Å². The number of halogens is 2. The standard InChI is InChI=1S/C12H13BrClN3O/c1-6-3-7(14)4-8(11(6)18-2)10(15)12-16-5-9(13)17-12/h3-5,10H,15H2,1-2H3,(H,16,17). The van der Waals surface area contributed by atoms with Gasteiger partial charge in [-0.1, -0.05) is 11.6 Å². The lowest BCUT2D eigenvalue weighted by Crippen LogP contribution is -2.15. The second-order valence-electron chi connectivity index (χ2n) is 3.94. The molecule has 1 heterocycles. The van der Waals surface area contributed by atoms with E-state index in [4.69, 9.17) is 22.1 Å². The van der Waals surface area contributed by atoms with Crippen molar-refractivity contribution in [3.63, 3.8) is 0 Å². The number of H-pyrrole nitrogens is 1. The molecule has 0 spiro atoms. The van der Waals surface area contributed by atoms with Crippen LogP contribution in [0.1, 0.15) is 23.0 Å². The normalized spacial score (nSPS) is 12.5. The first kappa shape index (κ1) is 13.4. The third-order valence-electron chi connectivity index (χ3n) is 2.67. The van der Waals surface area contributed by atoms with Crippen LogP contribution in [0.2, 0.25) is 5.02 Å². The minimum Gasteiger partial charge on any atom is -0.496 e. The summed E-state index contributed by atoms with van der Waals surface area (Å²) in [5.41, 5.74) is 7.95. The van der Waals surface area contributed by atoms with Crippen molar-refractivity contribution in [2.24, 2.45) is 5.73 Å². The van der Waals surface area contributed by atoms with E-state index in [9.17, 15) is 0 Å². The molecule has 0 saturated heterocycles. The van der Waals surface area contributed by atoms with Crippen LogP contribution in [0.15, 0.2) is 22.9 Å². The van der Waals surface area contributed by atoms with Crippen LogP contribution in [0.4, 0.5) is 0 Å². The average molecular weight is 331 g/mol. The van der Waals surface area contributed by atoms with E-state index in [-0.39, 0.29) is 0 Å². The van der Waals surface area contributed by atoms with Gasteiger partial charge in [0.25, 0.3) is 0 Å². The number of methoxy groups -OCH3 is 1. The molecule has 1 atom stereocenters. The number of aromatic amines is 1. The second-order valence-corrected chi connectivity index (χ2v) is 5.23. The molecule has 96 valence electrons. The number of hydrogen-bond acceptors (Lipinski definition) is 3. The van der Waals surface area contributed by atoms with Gasteiger partial charge in [-0.3, -0.25) is 0 Å². The smallest absolute Gasteiger partial charge is 0.128 e. The van der Waals surface area contributed by atoms with Crippen LogP contribution in [0.3, 0.4) is 0 Å². The fraction of sp³-hybridized carbons (Fsp3) is 0.250. The lowest BCUT2D eigenvalue weighted by Gasteiger charge is -2.16. The summed E-state index contributed by atoms with van der Waals surface area (Å²) >= 11 is 9.37. The molecule has 1 unspecified atom stereocenters. The number of imidazole rings is 1. The maximum Gasteiger partial charge on any atom is 0.128 e. The van der Waals surface area contributed by atoms with E-state index in [0.29, 0.717) is 10.8 Å². The molecule has 2 rings (SSSR count). The van der Waals surface area contributed by atoms with Crippen molar-refractivity contribution >= 4 is 27.5 Å². The maximum absolute atomic E-state index is 6.19. The van der Waals surface area contributed by atoms with Gasteiger partial charge in [0.1, 0.15) is 16.2 Å². The number of ether oxygens (including phenoxy) is 1. The van der Waals surface area contributed by atoms with Crippen molar-refractivity contribution < 1.29 is 4.74 Å². The molecule has 1 aromatic carbocycles. The molecule has 2 aromatic rings. The lowest BCUT2D eigenvalue weighted by atomic mass is 10.0. The molecule has 0 aliphatic heterocycles. The summed E-state index contributed by atoms with van der Waals surface area (Å²) in [6.45, 7) is 1.93. The summed E-state index contributed by atoms with van der Waals surface area (Å²) in [7, 11) is 1.62. The molecule has 0 aliphatic carbocycles. The summed E-state index contributed by atoms with van der Waals surface area (Å²) in [5.74, 6) is 1.39. The monoisotopic (exact) mass is 329 g/mol. The first-order valence-electron chi connectivity index (χ1n) is 5.33. The number of nitrogens with zero attached hydrogens (tertiary/aromatic N) is 1. The zero-order valence-electron chi connectivity index (χ0n) is 10.00. The van der Waals surface area contributed by atoms with Crippen LogP contribution in [0.25, 0.3) is 0 Å². The van der Waals surface area contributed by atoms with E-state index in [1.165, 1.54) is 0 Å². The minimum atomic E-state index is -0.413. The summed E-state index contributed by atoms with van der Waals surface area (Å²) in [6, 6.07) is 3.23. The zero-order valence-corrected chi connectivity index (χ0v) is 12.3. The number of hydrogen-bond donors (Lipinski definition) is 2. The molecule has 0 saturated carbocycles. The quantitative estimate of drug-likeness (QED) is 0.908. The van der Waals surface area contributed by atoms with Crippen molar-refractivity contribution in [2.75, 3.05) is 7.11 Å². The zero-order chi connectivity index (χ0) is 13.3. The molecular formula is C12H13BrClN3O. The Kier molecular flexibility index (Phi) is 3.94. The van der Waals surface area contributed by atoms with Crippen LogP contribution < -0.4 is 10.5 Å². The molecule has 0 amide bonds. The summed E-state index contributed by atoms with van der Waals surface area (Å²) in [5, 5.41) is 0.629. The van der Waals surface area contributed by atoms with Crippen LogP contribution in [-0.4, -0.2) is 17.1 Å². The lowest BCUT2D eigenvalue weighted by molar-refractivity contribution is 0.404. The van der Waals surface area contributed by atoms with Crippen LogP contribution in [0, 0.1) is 6.92 Å². The van der Waals surface area contributed by atoms with E-state index >= 15 is 0 Å². The van der Waals surface area contributed by atoms with Crippen LogP contribution >= 0.6 is 27.5 Å². The topological polar surface area (TPSA) is 63.9 Å². The first-order chi connectivity index (χ1) is 8.52. The fourth-order valence-corrected chi connectivity index (χ4v) is 2.47. The highest BCUT2D eigenvalue weighted by Crippen LogP contribution is 2.33. The average Bonchev–Trinajstić information content (AvgIpc) is 2.74. The Bertz CT molecular complexity index is 570. The van der Waals surface area contributed by atoms with Crippen LogP contribution in [0.5, 0.6) is 5.75 Å². The number of rotatable bonds is 3. The van der Waals surface area contributed by atoms with E-state index in [1.807, 2.05) is 13.0 Å². The summed E-state index contributed by atoms with van der Waals surface area (Å²) in [6.07, 6.45) is 1.67. The largest absolute Gasteiger partial charge is 0.496 e. The Hall–Kier alpha value is -1.04. The van der Waals surface area contributed by atoms with Gasteiger partial charge in [0, 0.05) is 10.6 Å². The molecule has 1 aromatic heterocycles. The highest BCUT2D eigenvalue weighted by Gasteiger charge is 2.19. The molecule has 0 fully saturated rings. The number of aromatic nitrogens is 2.